The zero-order chi connectivity index (χ0) is 9.47. The highest BCUT2D eigenvalue weighted by molar-refractivity contribution is 5.26. The molecule has 2 nitrogen and oxygen atoms in total. The van der Waals surface area contributed by atoms with E-state index >= 15 is 0 Å². The number of aromatic nitrogens is 2. The second-order valence-corrected chi connectivity index (χ2v) is 4.94. The predicted octanol–water partition coefficient (Wildman–Crippen LogP) is 2.52. The van der Waals surface area contributed by atoms with Crippen LogP contribution in [0.25, 0.3) is 0 Å². The van der Waals surface area contributed by atoms with Gasteiger partial charge >= 0.3 is 0 Å². The molecular formula is C11H18N2. The maximum atomic E-state index is 4.44. The summed E-state index contributed by atoms with van der Waals surface area (Å²) in [7, 11) is 0. The first-order valence-electron chi connectivity index (χ1n) is 5.14. The maximum absolute atomic E-state index is 4.44. The van der Waals surface area contributed by atoms with Crippen LogP contribution in [-0.4, -0.2) is 9.78 Å². The molecule has 0 fully saturated rings. The zero-order valence-corrected chi connectivity index (χ0v) is 8.80. The molecule has 1 aliphatic heterocycles. The summed E-state index contributed by atoms with van der Waals surface area (Å²) in [6.45, 7) is 7.91. The fraction of sp³-hybridized carbons (Fsp3) is 0.727. The van der Waals surface area contributed by atoms with Gasteiger partial charge in [0.15, 0.2) is 0 Å². The van der Waals surface area contributed by atoms with Gasteiger partial charge in [0.05, 0.1) is 6.20 Å². The second kappa shape index (κ2) is 2.86. The average molecular weight is 178 g/mol. The quantitative estimate of drug-likeness (QED) is 0.597. The van der Waals surface area contributed by atoms with Gasteiger partial charge in [-0.2, -0.15) is 5.10 Å². The Hall–Kier alpha value is -0.790. The largest absolute Gasteiger partial charge is 0.269 e. The summed E-state index contributed by atoms with van der Waals surface area (Å²) in [5, 5.41) is 4.44. The molecule has 0 unspecified atom stereocenters. The minimum atomic E-state index is 0.255. The lowest BCUT2D eigenvalue weighted by Crippen LogP contribution is -2.17. The minimum Gasteiger partial charge on any atom is -0.269 e. The molecule has 0 bridgehead atoms. The zero-order valence-electron chi connectivity index (χ0n) is 8.80. The summed E-state index contributed by atoms with van der Waals surface area (Å²) in [6.07, 6.45) is 5.89. The lowest BCUT2D eigenvalue weighted by Gasteiger charge is -2.22. The number of fused-ring (bicyclic) bond motifs is 1. The highest BCUT2D eigenvalue weighted by Gasteiger charge is 2.23. The molecular weight excluding hydrogens is 160 g/mol. The highest BCUT2D eigenvalue weighted by Crippen LogP contribution is 2.28. The summed E-state index contributed by atoms with van der Waals surface area (Å²) in [4.78, 5) is 0. The van der Waals surface area contributed by atoms with Gasteiger partial charge in [-0.15, -0.1) is 0 Å². The molecule has 0 spiro atoms. The van der Waals surface area contributed by atoms with Crippen molar-refractivity contribution in [2.75, 3.05) is 0 Å². The van der Waals surface area contributed by atoms with E-state index in [0.717, 1.165) is 6.54 Å². The van der Waals surface area contributed by atoms with Crippen LogP contribution in [0.3, 0.4) is 0 Å². The molecule has 1 aromatic rings. The lowest BCUT2D eigenvalue weighted by atomic mass is 9.86. The molecule has 0 aliphatic carbocycles. The number of hydrogen-bond acceptors (Lipinski definition) is 1. The third kappa shape index (κ3) is 1.50. The Morgan fingerprint density at radius 1 is 1.31 bits per heavy atom. The van der Waals surface area contributed by atoms with Crippen molar-refractivity contribution in [2.24, 2.45) is 0 Å². The standard InChI is InChI=1S/C11H18N2/c1-11(2,3)9-8-12-13-7-5-4-6-10(9)13/h8H,4-7H2,1-3H3. The molecule has 2 heterocycles. The summed E-state index contributed by atoms with van der Waals surface area (Å²) in [5.74, 6) is 0. The first kappa shape index (κ1) is 8.79. The Balaban J connectivity index is 2.43. The lowest BCUT2D eigenvalue weighted by molar-refractivity contribution is 0.475. The topological polar surface area (TPSA) is 17.8 Å². The summed E-state index contributed by atoms with van der Waals surface area (Å²) < 4.78 is 2.18. The molecule has 2 rings (SSSR count). The fourth-order valence-corrected chi connectivity index (χ4v) is 2.05. The van der Waals surface area contributed by atoms with E-state index in [4.69, 9.17) is 0 Å². The Morgan fingerprint density at radius 3 is 2.77 bits per heavy atom. The Morgan fingerprint density at radius 2 is 2.08 bits per heavy atom. The molecule has 0 N–H and O–H groups in total. The van der Waals surface area contributed by atoms with Crippen LogP contribution in [0.4, 0.5) is 0 Å². The van der Waals surface area contributed by atoms with Gasteiger partial charge in [-0.3, -0.25) is 4.68 Å². The predicted molar refractivity (Wildman–Crippen MR) is 53.9 cm³/mol. The molecule has 1 aromatic heterocycles. The number of hydrogen-bond donors (Lipinski definition) is 0. The smallest absolute Gasteiger partial charge is 0.0530 e. The van der Waals surface area contributed by atoms with E-state index in [9.17, 15) is 0 Å². The van der Waals surface area contributed by atoms with Crippen molar-refractivity contribution in [3.05, 3.63) is 17.5 Å². The van der Waals surface area contributed by atoms with Gasteiger partial charge in [-0.1, -0.05) is 20.8 Å². The van der Waals surface area contributed by atoms with Crippen LogP contribution in [0, 0.1) is 0 Å². The van der Waals surface area contributed by atoms with E-state index in [1.165, 1.54) is 30.5 Å². The summed E-state index contributed by atoms with van der Waals surface area (Å²) >= 11 is 0. The van der Waals surface area contributed by atoms with E-state index in [-0.39, 0.29) is 5.41 Å². The molecule has 0 atom stereocenters. The van der Waals surface area contributed by atoms with E-state index in [0.29, 0.717) is 0 Å². The molecule has 0 aromatic carbocycles. The van der Waals surface area contributed by atoms with E-state index in [2.05, 4.69) is 36.7 Å². The monoisotopic (exact) mass is 178 g/mol. The van der Waals surface area contributed by atoms with Gasteiger partial charge in [0, 0.05) is 12.2 Å². The molecule has 2 heteroatoms. The van der Waals surface area contributed by atoms with Crippen LogP contribution in [-0.2, 0) is 18.4 Å². The first-order valence-corrected chi connectivity index (χ1v) is 5.14. The molecule has 72 valence electrons. The molecule has 0 radical (unpaired) electrons. The van der Waals surface area contributed by atoms with Gasteiger partial charge in [-0.25, -0.2) is 0 Å². The van der Waals surface area contributed by atoms with Crippen LogP contribution in [0.5, 0.6) is 0 Å². The van der Waals surface area contributed by atoms with E-state index < -0.39 is 0 Å². The Labute approximate surface area is 80.0 Å². The fourth-order valence-electron chi connectivity index (χ4n) is 2.05. The average Bonchev–Trinajstić information content (AvgIpc) is 2.45. The number of aryl methyl sites for hydroxylation is 1. The Kier molecular flexibility index (Phi) is 1.94. The van der Waals surface area contributed by atoms with Crippen molar-refractivity contribution in [3.63, 3.8) is 0 Å². The molecule has 0 saturated heterocycles. The van der Waals surface area contributed by atoms with Gasteiger partial charge in [0.1, 0.15) is 0 Å². The van der Waals surface area contributed by atoms with Crippen LogP contribution in [0.15, 0.2) is 6.20 Å². The molecule has 1 aliphatic rings. The number of rotatable bonds is 0. The summed E-state index contributed by atoms with van der Waals surface area (Å²) in [5.41, 5.74) is 3.16. The maximum Gasteiger partial charge on any atom is 0.0530 e. The van der Waals surface area contributed by atoms with Crippen LogP contribution < -0.4 is 0 Å². The van der Waals surface area contributed by atoms with Crippen molar-refractivity contribution >= 4 is 0 Å². The van der Waals surface area contributed by atoms with E-state index in [1.807, 2.05) is 0 Å². The van der Waals surface area contributed by atoms with Gasteiger partial charge in [0.25, 0.3) is 0 Å². The molecule has 0 saturated carbocycles. The van der Waals surface area contributed by atoms with Crippen molar-refractivity contribution in [2.45, 2.75) is 52.0 Å². The summed E-state index contributed by atoms with van der Waals surface area (Å²) in [6, 6.07) is 0. The molecule has 13 heavy (non-hydrogen) atoms. The van der Waals surface area contributed by atoms with Crippen molar-refractivity contribution < 1.29 is 0 Å². The Bertz CT molecular complexity index is 304. The third-order valence-electron chi connectivity index (χ3n) is 2.79. The SMILES string of the molecule is CC(C)(C)c1cnn2c1CCCC2. The van der Waals surface area contributed by atoms with Crippen molar-refractivity contribution in [1.82, 2.24) is 9.78 Å². The second-order valence-electron chi connectivity index (χ2n) is 4.94. The van der Waals surface area contributed by atoms with Gasteiger partial charge < -0.3 is 0 Å². The minimum absolute atomic E-state index is 0.255. The van der Waals surface area contributed by atoms with Gasteiger partial charge in [0.2, 0.25) is 0 Å². The normalized spacial score (nSPS) is 17.2. The molecule has 0 amide bonds. The van der Waals surface area contributed by atoms with Crippen LogP contribution >= 0.6 is 0 Å². The van der Waals surface area contributed by atoms with Crippen molar-refractivity contribution in [1.29, 1.82) is 0 Å². The van der Waals surface area contributed by atoms with Crippen LogP contribution in [0.2, 0.25) is 0 Å². The highest BCUT2D eigenvalue weighted by atomic mass is 15.3. The number of nitrogens with zero attached hydrogens (tertiary/aromatic N) is 2. The van der Waals surface area contributed by atoms with Crippen LogP contribution in [0.1, 0.15) is 44.9 Å². The first-order chi connectivity index (χ1) is 6.09. The van der Waals surface area contributed by atoms with E-state index in [1.54, 1.807) is 0 Å². The third-order valence-corrected chi connectivity index (χ3v) is 2.79. The van der Waals surface area contributed by atoms with Gasteiger partial charge in [-0.05, 0) is 30.2 Å². The van der Waals surface area contributed by atoms with Crippen molar-refractivity contribution in [3.8, 4) is 0 Å².